The highest BCUT2D eigenvalue weighted by molar-refractivity contribution is 7.99. The van der Waals surface area contributed by atoms with Gasteiger partial charge in [0.05, 0.1) is 6.07 Å². The second-order valence-corrected chi connectivity index (χ2v) is 6.58. The lowest BCUT2D eigenvalue weighted by Crippen LogP contribution is -2.42. The van der Waals surface area contributed by atoms with Crippen LogP contribution in [0, 0.1) is 17.2 Å². The molecule has 1 aliphatic carbocycles. The molecule has 92 valence electrons. The van der Waals surface area contributed by atoms with Gasteiger partial charge >= 0.3 is 0 Å². The van der Waals surface area contributed by atoms with Crippen LogP contribution in [0.3, 0.4) is 0 Å². The minimum absolute atomic E-state index is 0.292. The van der Waals surface area contributed by atoms with Crippen LogP contribution >= 0.6 is 11.8 Å². The lowest BCUT2D eigenvalue weighted by Gasteiger charge is -2.23. The molecule has 0 amide bonds. The maximum absolute atomic E-state index is 9.19. The largest absolute Gasteiger partial charge is 0.297 e. The molecular weight excluding hydrogens is 216 g/mol. The SMILES string of the molecule is CC(C)CSCCCC(C)(C#N)NC1CC1. The Labute approximate surface area is 104 Å². The Kier molecular flexibility index (Phi) is 5.64. The molecule has 2 nitrogen and oxygen atoms in total. The summed E-state index contributed by atoms with van der Waals surface area (Å²) in [5.74, 6) is 3.19. The zero-order valence-electron chi connectivity index (χ0n) is 10.8. The van der Waals surface area contributed by atoms with Gasteiger partial charge in [0.15, 0.2) is 0 Å². The summed E-state index contributed by atoms with van der Waals surface area (Å²) >= 11 is 2.01. The fourth-order valence-corrected chi connectivity index (χ4v) is 2.67. The van der Waals surface area contributed by atoms with Crippen molar-refractivity contribution in [3.05, 3.63) is 0 Å². The second kappa shape index (κ2) is 6.51. The van der Waals surface area contributed by atoms with Crippen LogP contribution in [0.15, 0.2) is 0 Å². The Morgan fingerprint density at radius 1 is 1.50 bits per heavy atom. The summed E-state index contributed by atoms with van der Waals surface area (Å²) in [6.07, 6.45) is 4.62. The van der Waals surface area contributed by atoms with Gasteiger partial charge in [0.25, 0.3) is 0 Å². The fraction of sp³-hybridized carbons (Fsp3) is 0.923. The van der Waals surface area contributed by atoms with Crippen molar-refractivity contribution in [2.24, 2.45) is 5.92 Å². The van der Waals surface area contributed by atoms with E-state index in [9.17, 15) is 5.26 Å². The molecule has 0 heterocycles. The van der Waals surface area contributed by atoms with Gasteiger partial charge < -0.3 is 0 Å². The van der Waals surface area contributed by atoms with Crippen molar-refractivity contribution in [2.45, 2.75) is 58.0 Å². The summed E-state index contributed by atoms with van der Waals surface area (Å²) in [4.78, 5) is 0. The zero-order valence-corrected chi connectivity index (χ0v) is 11.6. The molecule has 1 atom stereocenters. The predicted octanol–water partition coefficient (Wildman–Crippen LogP) is 3.19. The Balaban J connectivity index is 2.10. The molecule has 1 rings (SSSR count). The summed E-state index contributed by atoms with van der Waals surface area (Å²) in [6.45, 7) is 6.54. The molecule has 0 saturated heterocycles. The van der Waals surface area contributed by atoms with E-state index in [2.05, 4.69) is 25.2 Å². The molecule has 0 aliphatic heterocycles. The lowest BCUT2D eigenvalue weighted by molar-refractivity contribution is 0.411. The molecule has 0 radical (unpaired) electrons. The van der Waals surface area contributed by atoms with Gasteiger partial charge in [0.2, 0.25) is 0 Å². The standard InChI is InChI=1S/C13H24N2S/c1-11(2)9-16-8-4-7-13(3,10-14)15-12-5-6-12/h11-12,15H,4-9H2,1-3H3. The van der Waals surface area contributed by atoms with Gasteiger partial charge in [-0.05, 0) is 50.0 Å². The summed E-state index contributed by atoms with van der Waals surface area (Å²) in [6, 6.07) is 3.05. The zero-order chi connectivity index (χ0) is 12.0. The van der Waals surface area contributed by atoms with Crippen molar-refractivity contribution < 1.29 is 0 Å². The molecule has 1 saturated carbocycles. The van der Waals surface area contributed by atoms with Crippen LogP contribution in [-0.2, 0) is 0 Å². The van der Waals surface area contributed by atoms with Crippen LogP contribution in [-0.4, -0.2) is 23.1 Å². The third kappa shape index (κ3) is 5.77. The quantitative estimate of drug-likeness (QED) is 0.662. The Hall–Kier alpha value is -0.200. The number of hydrogen-bond donors (Lipinski definition) is 1. The highest BCUT2D eigenvalue weighted by atomic mass is 32.2. The third-order valence-electron chi connectivity index (χ3n) is 2.76. The number of nitriles is 1. The molecule has 3 heteroatoms. The molecule has 0 aromatic heterocycles. The maximum Gasteiger partial charge on any atom is 0.104 e. The van der Waals surface area contributed by atoms with Crippen LogP contribution < -0.4 is 5.32 Å². The Morgan fingerprint density at radius 2 is 2.19 bits per heavy atom. The predicted molar refractivity (Wildman–Crippen MR) is 71.6 cm³/mol. The molecule has 1 N–H and O–H groups in total. The van der Waals surface area contributed by atoms with E-state index in [1.54, 1.807) is 0 Å². The van der Waals surface area contributed by atoms with Crippen molar-refractivity contribution in [1.29, 1.82) is 5.26 Å². The van der Waals surface area contributed by atoms with Crippen molar-refractivity contribution in [2.75, 3.05) is 11.5 Å². The van der Waals surface area contributed by atoms with Crippen LogP contribution in [0.2, 0.25) is 0 Å². The second-order valence-electron chi connectivity index (χ2n) is 5.43. The van der Waals surface area contributed by atoms with Crippen LogP contribution in [0.4, 0.5) is 0 Å². The van der Waals surface area contributed by atoms with Gasteiger partial charge in [-0.3, -0.25) is 5.32 Å². The summed E-state index contributed by atoms with van der Waals surface area (Å²) < 4.78 is 0. The first-order valence-electron chi connectivity index (χ1n) is 6.32. The average Bonchev–Trinajstić information content (AvgIpc) is 3.01. The average molecular weight is 240 g/mol. The van der Waals surface area contributed by atoms with Gasteiger partial charge in [-0.25, -0.2) is 0 Å². The van der Waals surface area contributed by atoms with E-state index < -0.39 is 0 Å². The van der Waals surface area contributed by atoms with Gasteiger partial charge in [-0.15, -0.1) is 0 Å². The first kappa shape index (κ1) is 13.9. The van der Waals surface area contributed by atoms with E-state index >= 15 is 0 Å². The number of rotatable bonds is 8. The molecule has 16 heavy (non-hydrogen) atoms. The van der Waals surface area contributed by atoms with Crippen molar-refractivity contribution in [3.63, 3.8) is 0 Å². The molecule has 1 unspecified atom stereocenters. The Bertz CT molecular complexity index is 243. The summed E-state index contributed by atoms with van der Waals surface area (Å²) in [5, 5.41) is 12.6. The fourth-order valence-electron chi connectivity index (χ4n) is 1.69. The van der Waals surface area contributed by atoms with Gasteiger partial charge in [-0.1, -0.05) is 13.8 Å². The molecule has 0 aromatic rings. The van der Waals surface area contributed by atoms with E-state index in [4.69, 9.17) is 0 Å². The lowest BCUT2D eigenvalue weighted by atomic mass is 9.98. The molecule has 0 aromatic carbocycles. The first-order valence-corrected chi connectivity index (χ1v) is 7.48. The highest BCUT2D eigenvalue weighted by Gasteiger charge is 2.31. The van der Waals surface area contributed by atoms with Crippen LogP contribution in [0.25, 0.3) is 0 Å². The van der Waals surface area contributed by atoms with E-state index in [-0.39, 0.29) is 5.54 Å². The third-order valence-corrected chi connectivity index (χ3v) is 4.24. The molecular formula is C13H24N2S. The molecule has 1 aliphatic rings. The van der Waals surface area contributed by atoms with Gasteiger partial charge in [0, 0.05) is 6.04 Å². The van der Waals surface area contributed by atoms with Crippen LogP contribution in [0.5, 0.6) is 0 Å². The Morgan fingerprint density at radius 3 is 2.69 bits per heavy atom. The van der Waals surface area contributed by atoms with E-state index in [1.807, 2.05) is 18.7 Å². The normalized spacial score (nSPS) is 19.4. The summed E-state index contributed by atoms with van der Waals surface area (Å²) in [7, 11) is 0. The van der Waals surface area contributed by atoms with E-state index in [1.165, 1.54) is 24.3 Å². The van der Waals surface area contributed by atoms with Crippen molar-refractivity contribution in [1.82, 2.24) is 5.32 Å². The smallest absolute Gasteiger partial charge is 0.104 e. The molecule has 0 spiro atoms. The monoisotopic (exact) mass is 240 g/mol. The minimum atomic E-state index is -0.292. The number of nitrogens with one attached hydrogen (secondary N) is 1. The van der Waals surface area contributed by atoms with Crippen molar-refractivity contribution >= 4 is 11.8 Å². The maximum atomic E-state index is 9.19. The van der Waals surface area contributed by atoms with E-state index in [0.717, 1.165) is 18.8 Å². The van der Waals surface area contributed by atoms with Crippen LogP contribution in [0.1, 0.15) is 46.5 Å². The number of nitrogens with zero attached hydrogens (tertiary/aromatic N) is 1. The van der Waals surface area contributed by atoms with Crippen molar-refractivity contribution in [3.8, 4) is 6.07 Å². The number of thioether (sulfide) groups is 1. The molecule has 0 bridgehead atoms. The first-order chi connectivity index (χ1) is 7.56. The molecule has 1 fully saturated rings. The van der Waals surface area contributed by atoms with Gasteiger partial charge in [-0.2, -0.15) is 17.0 Å². The minimum Gasteiger partial charge on any atom is -0.297 e. The van der Waals surface area contributed by atoms with E-state index in [0.29, 0.717) is 6.04 Å². The van der Waals surface area contributed by atoms with Gasteiger partial charge in [0.1, 0.15) is 5.54 Å². The summed E-state index contributed by atoms with van der Waals surface area (Å²) in [5.41, 5.74) is -0.292. The topological polar surface area (TPSA) is 35.8 Å². The number of hydrogen-bond acceptors (Lipinski definition) is 3. The highest BCUT2D eigenvalue weighted by Crippen LogP contribution is 2.25.